The molecule has 1 aliphatic carbocycles. The first-order valence-corrected chi connectivity index (χ1v) is 5.81. The summed E-state index contributed by atoms with van der Waals surface area (Å²) in [5.74, 6) is -0.329. The molecule has 0 bridgehead atoms. The van der Waals surface area contributed by atoms with Gasteiger partial charge in [-0.05, 0) is 39.5 Å². The summed E-state index contributed by atoms with van der Waals surface area (Å²) in [7, 11) is 1.33. The fraction of sp³-hybridized carbons (Fsp3) is 0.833. The topological polar surface area (TPSA) is 64.6 Å². The molecule has 0 unspecified atom stereocenters. The summed E-state index contributed by atoms with van der Waals surface area (Å²) in [4.78, 5) is 23.4. The summed E-state index contributed by atoms with van der Waals surface area (Å²) < 4.78 is 9.90. The van der Waals surface area contributed by atoms with Gasteiger partial charge in [0, 0.05) is 0 Å². The van der Waals surface area contributed by atoms with Crippen LogP contribution in [0.2, 0.25) is 0 Å². The van der Waals surface area contributed by atoms with E-state index in [-0.39, 0.29) is 5.92 Å². The Labute approximate surface area is 102 Å². The molecule has 1 aliphatic rings. The minimum atomic E-state index is -0.906. The normalized spacial score (nSPS) is 27.9. The van der Waals surface area contributed by atoms with Crippen LogP contribution in [0.1, 0.15) is 40.5 Å². The van der Waals surface area contributed by atoms with Gasteiger partial charge in [-0.3, -0.25) is 0 Å². The van der Waals surface area contributed by atoms with Crippen molar-refractivity contribution >= 4 is 12.1 Å². The third-order valence-electron chi connectivity index (χ3n) is 3.09. The largest absolute Gasteiger partial charge is 0.467 e. The van der Waals surface area contributed by atoms with Crippen molar-refractivity contribution < 1.29 is 19.1 Å². The van der Waals surface area contributed by atoms with Crippen LogP contribution in [-0.4, -0.2) is 30.3 Å². The van der Waals surface area contributed by atoms with Gasteiger partial charge in [0.15, 0.2) is 0 Å². The third-order valence-corrected chi connectivity index (χ3v) is 3.09. The van der Waals surface area contributed by atoms with Gasteiger partial charge in [-0.15, -0.1) is 0 Å². The molecule has 0 radical (unpaired) electrons. The van der Waals surface area contributed by atoms with E-state index >= 15 is 0 Å². The molecule has 17 heavy (non-hydrogen) atoms. The van der Waals surface area contributed by atoms with Crippen molar-refractivity contribution in [2.45, 2.75) is 51.7 Å². The van der Waals surface area contributed by atoms with Gasteiger partial charge in [-0.25, -0.2) is 9.59 Å². The number of ether oxygens (including phenoxy) is 2. The summed E-state index contributed by atoms with van der Waals surface area (Å²) in [6, 6.07) is 0. The summed E-state index contributed by atoms with van der Waals surface area (Å²) >= 11 is 0. The van der Waals surface area contributed by atoms with Crippen molar-refractivity contribution in [1.29, 1.82) is 0 Å². The van der Waals surface area contributed by atoms with E-state index in [1.807, 2.05) is 6.92 Å². The molecule has 1 rings (SSSR count). The number of esters is 1. The zero-order valence-electron chi connectivity index (χ0n) is 11.1. The van der Waals surface area contributed by atoms with Crippen molar-refractivity contribution in [2.75, 3.05) is 7.11 Å². The minimum absolute atomic E-state index is 0.0717. The Hall–Kier alpha value is -1.26. The molecule has 1 amide bonds. The molecule has 2 atom stereocenters. The monoisotopic (exact) mass is 243 g/mol. The second-order valence-electron chi connectivity index (χ2n) is 5.53. The number of methoxy groups -OCH3 is 1. The Bertz CT molecular complexity index is 321. The number of carbonyl (C=O) groups excluding carboxylic acids is 2. The van der Waals surface area contributed by atoms with Crippen LogP contribution in [0.25, 0.3) is 0 Å². The molecule has 1 saturated carbocycles. The van der Waals surface area contributed by atoms with Crippen LogP contribution >= 0.6 is 0 Å². The maximum Gasteiger partial charge on any atom is 0.408 e. The Balaban J connectivity index is 2.69. The van der Waals surface area contributed by atoms with E-state index in [1.165, 1.54) is 7.11 Å². The maximum atomic E-state index is 11.7. The van der Waals surface area contributed by atoms with Crippen molar-refractivity contribution in [3.05, 3.63) is 0 Å². The molecular weight excluding hydrogens is 222 g/mol. The predicted octanol–water partition coefficient (Wildman–Crippen LogP) is 1.85. The first-order valence-electron chi connectivity index (χ1n) is 5.81. The van der Waals surface area contributed by atoms with E-state index in [1.54, 1.807) is 20.8 Å². The molecule has 0 aromatic heterocycles. The SMILES string of the molecule is COC(=O)[C@@]1(NC(=O)OC(C)(C)C)CC[C@H]1C. The zero-order valence-corrected chi connectivity index (χ0v) is 11.1. The van der Waals surface area contributed by atoms with E-state index in [0.717, 1.165) is 6.42 Å². The number of carbonyl (C=O) groups is 2. The van der Waals surface area contributed by atoms with Crippen LogP contribution in [0, 0.1) is 5.92 Å². The standard InChI is InChI=1S/C12H21NO4/c1-8-6-7-12(8,9(14)16-5)13-10(15)17-11(2,3)4/h8H,6-7H2,1-5H3,(H,13,15)/t8-,12-/m1/s1. The van der Waals surface area contributed by atoms with E-state index in [0.29, 0.717) is 6.42 Å². The molecule has 0 aromatic carbocycles. The smallest absolute Gasteiger partial charge is 0.408 e. The summed E-state index contributed by atoms with van der Waals surface area (Å²) in [5.41, 5.74) is -1.48. The van der Waals surface area contributed by atoms with Crippen molar-refractivity contribution in [3.63, 3.8) is 0 Å². The molecule has 5 nitrogen and oxygen atoms in total. The maximum absolute atomic E-state index is 11.7. The fourth-order valence-corrected chi connectivity index (χ4v) is 1.93. The quantitative estimate of drug-likeness (QED) is 0.752. The zero-order chi connectivity index (χ0) is 13.3. The molecule has 0 aromatic rings. The molecule has 1 fully saturated rings. The molecule has 1 N–H and O–H groups in total. The second-order valence-corrected chi connectivity index (χ2v) is 5.53. The van der Waals surface area contributed by atoms with Gasteiger partial charge in [0.25, 0.3) is 0 Å². The third kappa shape index (κ3) is 2.90. The summed E-state index contributed by atoms with van der Waals surface area (Å²) in [6.45, 7) is 7.25. The summed E-state index contributed by atoms with van der Waals surface area (Å²) in [5, 5.41) is 2.65. The van der Waals surface area contributed by atoms with E-state index in [4.69, 9.17) is 9.47 Å². The Kier molecular flexibility index (Phi) is 3.69. The number of hydrogen-bond acceptors (Lipinski definition) is 4. The first-order chi connectivity index (χ1) is 7.71. The summed E-state index contributed by atoms with van der Waals surface area (Å²) in [6.07, 6.45) is 0.916. The van der Waals surface area contributed by atoms with Crippen LogP contribution in [0.5, 0.6) is 0 Å². The Morgan fingerprint density at radius 2 is 1.94 bits per heavy atom. The van der Waals surface area contributed by atoms with Gasteiger partial charge < -0.3 is 14.8 Å². The fourth-order valence-electron chi connectivity index (χ4n) is 1.93. The molecule has 0 aliphatic heterocycles. The average molecular weight is 243 g/mol. The van der Waals surface area contributed by atoms with Gasteiger partial charge in [0.1, 0.15) is 11.1 Å². The van der Waals surface area contributed by atoms with Gasteiger partial charge in [0.05, 0.1) is 7.11 Å². The Morgan fingerprint density at radius 1 is 1.35 bits per heavy atom. The van der Waals surface area contributed by atoms with Gasteiger partial charge in [-0.1, -0.05) is 6.92 Å². The molecule has 0 heterocycles. The van der Waals surface area contributed by atoms with Crippen LogP contribution in [-0.2, 0) is 14.3 Å². The number of hydrogen-bond donors (Lipinski definition) is 1. The first kappa shape index (κ1) is 13.8. The molecule has 98 valence electrons. The van der Waals surface area contributed by atoms with Crippen molar-refractivity contribution in [1.82, 2.24) is 5.32 Å². The molecular formula is C12H21NO4. The van der Waals surface area contributed by atoms with Gasteiger partial charge >= 0.3 is 12.1 Å². The number of nitrogens with one attached hydrogen (secondary N) is 1. The van der Waals surface area contributed by atoms with Gasteiger partial charge in [0.2, 0.25) is 0 Å². The lowest BCUT2D eigenvalue weighted by Crippen LogP contribution is -2.65. The number of amides is 1. The second kappa shape index (κ2) is 4.55. The molecule has 0 saturated heterocycles. The minimum Gasteiger partial charge on any atom is -0.467 e. The van der Waals surface area contributed by atoms with Crippen LogP contribution in [0.4, 0.5) is 4.79 Å². The Morgan fingerprint density at radius 3 is 2.24 bits per heavy atom. The highest BCUT2D eigenvalue weighted by atomic mass is 16.6. The number of alkyl carbamates (subject to hydrolysis) is 1. The lowest BCUT2D eigenvalue weighted by atomic mass is 9.67. The van der Waals surface area contributed by atoms with E-state index in [9.17, 15) is 9.59 Å². The highest BCUT2D eigenvalue weighted by Gasteiger charge is 2.53. The molecule has 0 spiro atoms. The lowest BCUT2D eigenvalue weighted by Gasteiger charge is -2.45. The van der Waals surface area contributed by atoms with E-state index in [2.05, 4.69) is 5.32 Å². The highest BCUT2D eigenvalue weighted by molar-refractivity contribution is 5.87. The molecule has 5 heteroatoms. The van der Waals surface area contributed by atoms with Crippen LogP contribution < -0.4 is 5.32 Å². The van der Waals surface area contributed by atoms with Gasteiger partial charge in [-0.2, -0.15) is 0 Å². The van der Waals surface area contributed by atoms with Crippen LogP contribution in [0.15, 0.2) is 0 Å². The van der Waals surface area contributed by atoms with Crippen molar-refractivity contribution in [2.24, 2.45) is 5.92 Å². The average Bonchev–Trinajstić information content (AvgIpc) is 2.20. The highest BCUT2D eigenvalue weighted by Crippen LogP contribution is 2.39. The van der Waals surface area contributed by atoms with E-state index < -0.39 is 23.2 Å². The predicted molar refractivity (Wildman–Crippen MR) is 62.5 cm³/mol. The van der Waals surface area contributed by atoms with Crippen molar-refractivity contribution in [3.8, 4) is 0 Å². The lowest BCUT2D eigenvalue weighted by molar-refractivity contribution is -0.156. The number of rotatable bonds is 2. The van der Waals surface area contributed by atoms with Crippen LogP contribution in [0.3, 0.4) is 0 Å².